The molecule has 0 aliphatic carbocycles. The van der Waals surface area contributed by atoms with Crippen LogP contribution in [0.1, 0.15) is 68.4 Å². The molecule has 1 aliphatic heterocycles. The van der Waals surface area contributed by atoms with Gasteiger partial charge in [-0.1, -0.05) is 62.4 Å². The number of aromatic nitrogens is 2. The molecule has 4 rings (SSSR count). The van der Waals surface area contributed by atoms with E-state index >= 15 is 0 Å². The van der Waals surface area contributed by atoms with Crippen molar-refractivity contribution >= 4 is 0 Å². The lowest BCUT2D eigenvalue weighted by Crippen LogP contribution is -2.11. The molecule has 0 saturated heterocycles. The van der Waals surface area contributed by atoms with E-state index in [0.717, 1.165) is 46.9 Å². The molecule has 0 amide bonds. The molecule has 158 valence electrons. The topological polar surface area (TPSA) is 83.4 Å². The van der Waals surface area contributed by atoms with Crippen LogP contribution in [0.25, 0.3) is 11.5 Å². The Morgan fingerprint density at radius 1 is 0.900 bits per heavy atom. The second-order valence-corrected chi connectivity index (χ2v) is 7.75. The standard InChI is InChI=1S/C24H29N3O3/c1-2-3-4-5-6-7-8-22-26-24(30-27-22)18-11-9-17(10-12-18)23(25)19-13-14-20-21(15-19)29-16-28-20/h9-15,23H,2-8,16,25H2,1H3. The Morgan fingerprint density at radius 2 is 1.63 bits per heavy atom. The predicted octanol–water partition coefficient (Wildman–Crippen LogP) is 5.42. The largest absolute Gasteiger partial charge is 0.454 e. The van der Waals surface area contributed by atoms with Gasteiger partial charge in [0.05, 0.1) is 6.04 Å². The van der Waals surface area contributed by atoms with E-state index in [2.05, 4.69) is 17.1 Å². The summed E-state index contributed by atoms with van der Waals surface area (Å²) in [7, 11) is 0. The maximum Gasteiger partial charge on any atom is 0.257 e. The van der Waals surface area contributed by atoms with Crippen LogP contribution in [0.5, 0.6) is 11.5 Å². The average Bonchev–Trinajstić information content (AvgIpc) is 3.45. The number of hydrogen-bond acceptors (Lipinski definition) is 6. The zero-order chi connectivity index (χ0) is 20.8. The monoisotopic (exact) mass is 407 g/mol. The van der Waals surface area contributed by atoms with Crippen molar-refractivity contribution in [2.75, 3.05) is 6.79 Å². The van der Waals surface area contributed by atoms with Crippen molar-refractivity contribution in [2.45, 2.75) is 57.9 Å². The Hall–Kier alpha value is -2.86. The Kier molecular flexibility index (Phi) is 6.64. The van der Waals surface area contributed by atoms with E-state index in [1.165, 1.54) is 32.1 Å². The molecular formula is C24H29N3O3. The molecule has 2 aromatic carbocycles. The zero-order valence-electron chi connectivity index (χ0n) is 17.5. The fourth-order valence-corrected chi connectivity index (χ4v) is 3.67. The van der Waals surface area contributed by atoms with Crippen LogP contribution >= 0.6 is 0 Å². The first kappa shape index (κ1) is 20.4. The second kappa shape index (κ2) is 9.76. The first-order valence-electron chi connectivity index (χ1n) is 10.8. The van der Waals surface area contributed by atoms with Crippen LogP contribution in [0.3, 0.4) is 0 Å². The Balaban J connectivity index is 1.35. The fraction of sp³-hybridized carbons (Fsp3) is 0.417. The van der Waals surface area contributed by atoms with Gasteiger partial charge in [-0.25, -0.2) is 0 Å². The summed E-state index contributed by atoms with van der Waals surface area (Å²) < 4.78 is 16.3. The van der Waals surface area contributed by atoms with Crippen LogP contribution in [0.4, 0.5) is 0 Å². The van der Waals surface area contributed by atoms with E-state index in [4.69, 9.17) is 19.7 Å². The predicted molar refractivity (Wildman–Crippen MR) is 115 cm³/mol. The number of aryl methyl sites for hydroxylation is 1. The van der Waals surface area contributed by atoms with Crippen molar-refractivity contribution in [3.8, 4) is 23.0 Å². The third-order valence-corrected chi connectivity index (χ3v) is 5.49. The van der Waals surface area contributed by atoms with Crippen LogP contribution < -0.4 is 15.2 Å². The van der Waals surface area contributed by atoms with Gasteiger partial charge in [-0.3, -0.25) is 0 Å². The lowest BCUT2D eigenvalue weighted by molar-refractivity contribution is 0.174. The molecule has 0 radical (unpaired) electrons. The fourth-order valence-electron chi connectivity index (χ4n) is 3.67. The molecule has 1 unspecified atom stereocenters. The highest BCUT2D eigenvalue weighted by Crippen LogP contribution is 2.35. The molecule has 1 atom stereocenters. The van der Waals surface area contributed by atoms with Crippen LogP contribution in [0, 0.1) is 0 Å². The molecule has 2 N–H and O–H groups in total. The van der Waals surface area contributed by atoms with E-state index in [-0.39, 0.29) is 12.8 Å². The minimum absolute atomic E-state index is 0.250. The Labute approximate surface area is 177 Å². The van der Waals surface area contributed by atoms with Gasteiger partial charge in [-0.15, -0.1) is 0 Å². The van der Waals surface area contributed by atoms with Crippen molar-refractivity contribution < 1.29 is 14.0 Å². The number of nitrogens with zero attached hydrogens (tertiary/aromatic N) is 2. The molecule has 0 bridgehead atoms. The van der Waals surface area contributed by atoms with Crippen LogP contribution in [-0.4, -0.2) is 16.9 Å². The van der Waals surface area contributed by atoms with Gasteiger partial charge in [0, 0.05) is 12.0 Å². The van der Waals surface area contributed by atoms with Crippen molar-refractivity contribution in [1.29, 1.82) is 0 Å². The van der Waals surface area contributed by atoms with E-state index in [9.17, 15) is 0 Å². The Morgan fingerprint density at radius 3 is 2.47 bits per heavy atom. The first-order valence-corrected chi connectivity index (χ1v) is 10.8. The minimum atomic E-state index is -0.250. The van der Waals surface area contributed by atoms with E-state index in [0.29, 0.717) is 5.89 Å². The molecular weight excluding hydrogens is 378 g/mol. The highest BCUT2D eigenvalue weighted by atomic mass is 16.7. The highest BCUT2D eigenvalue weighted by Gasteiger charge is 2.17. The summed E-state index contributed by atoms with van der Waals surface area (Å²) in [5, 5.41) is 4.13. The lowest BCUT2D eigenvalue weighted by Gasteiger charge is -2.13. The van der Waals surface area contributed by atoms with Gasteiger partial charge in [-0.05, 0) is 41.8 Å². The van der Waals surface area contributed by atoms with Gasteiger partial charge in [-0.2, -0.15) is 4.98 Å². The number of hydrogen-bond donors (Lipinski definition) is 1. The van der Waals surface area contributed by atoms with E-state index < -0.39 is 0 Å². The SMILES string of the molecule is CCCCCCCCc1noc(-c2ccc(C(N)c3ccc4c(c3)OCO4)cc2)n1. The third-order valence-electron chi connectivity index (χ3n) is 5.49. The summed E-state index contributed by atoms with van der Waals surface area (Å²) in [4.78, 5) is 4.55. The molecule has 1 aliphatic rings. The molecule has 0 saturated carbocycles. The molecule has 6 heteroatoms. The average molecular weight is 408 g/mol. The second-order valence-electron chi connectivity index (χ2n) is 7.75. The number of unbranched alkanes of at least 4 members (excludes halogenated alkanes) is 5. The first-order chi connectivity index (χ1) is 14.7. The molecule has 30 heavy (non-hydrogen) atoms. The molecule has 6 nitrogen and oxygen atoms in total. The highest BCUT2D eigenvalue weighted by molar-refractivity contribution is 5.54. The maximum atomic E-state index is 6.45. The summed E-state index contributed by atoms with van der Waals surface area (Å²) >= 11 is 0. The van der Waals surface area contributed by atoms with Gasteiger partial charge in [0.1, 0.15) is 0 Å². The summed E-state index contributed by atoms with van der Waals surface area (Å²) in [5.41, 5.74) is 9.34. The summed E-state index contributed by atoms with van der Waals surface area (Å²) in [5.74, 6) is 2.83. The van der Waals surface area contributed by atoms with E-state index in [1.54, 1.807) is 0 Å². The molecule has 1 aromatic heterocycles. The molecule has 0 fully saturated rings. The minimum Gasteiger partial charge on any atom is -0.454 e. The van der Waals surface area contributed by atoms with Crippen LogP contribution in [0.15, 0.2) is 47.0 Å². The maximum absolute atomic E-state index is 6.45. The molecule has 0 spiro atoms. The smallest absolute Gasteiger partial charge is 0.257 e. The van der Waals surface area contributed by atoms with Crippen LogP contribution in [0.2, 0.25) is 0 Å². The third kappa shape index (κ3) is 4.82. The lowest BCUT2D eigenvalue weighted by atomic mass is 9.98. The molecule has 3 aromatic rings. The number of nitrogens with two attached hydrogens (primary N) is 1. The number of fused-ring (bicyclic) bond motifs is 1. The molecule has 2 heterocycles. The normalized spacial score (nSPS) is 13.5. The number of ether oxygens (including phenoxy) is 2. The van der Waals surface area contributed by atoms with Crippen molar-refractivity contribution in [1.82, 2.24) is 10.1 Å². The van der Waals surface area contributed by atoms with Crippen molar-refractivity contribution in [3.63, 3.8) is 0 Å². The summed E-state index contributed by atoms with van der Waals surface area (Å²) in [6, 6.07) is 13.5. The number of benzene rings is 2. The Bertz CT molecular complexity index is 953. The summed E-state index contributed by atoms with van der Waals surface area (Å²) in [6.45, 7) is 2.49. The zero-order valence-corrected chi connectivity index (χ0v) is 17.5. The summed E-state index contributed by atoms with van der Waals surface area (Å²) in [6.07, 6.45) is 8.37. The van der Waals surface area contributed by atoms with Gasteiger partial charge >= 0.3 is 0 Å². The van der Waals surface area contributed by atoms with Gasteiger partial charge in [0.2, 0.25) is 6.79 Å². The van der Waals surface area contributed by atoms with Crippen molar-refractivity contribution in [2.24, 2.45) is 5.73 Å². The van der Waals surface area contributed by atoms with Crippen LogP contribution in [-0.2, 0) is 6.42 Å². The van der Waals surface area contributed by atoms with Gasteiger partial charge < -0.3 is 19.7 Å². The van der Waals surface area contributed by atoms with E-state index in [1.807, 2.05) is 42.5 Å². The van der Waals surface area contributed by atoms with Gasteiger partial charge in [0.15, 0.2) is 17.3 Å². The quantitative estimate of drug-likeness (QED) is 0.452. The number of rotatable bonds is 10. The van der Waals surface area contributed by atoms with Crippen molar-refractivity contribution in [3.05, 3.63) is 59.4 Å². The van der Waals surface area contributed by atoms with Gasteiger partial charge in [0.25, 0.3) is 5.89 Å².